The highest BCUT2D eigenvalue weighted by atomic mass is 19.1. The molecule has 0 aliphatic rings. The van der Waals surface area contributed by atoms with Crippen LogP contribution in [-0.4, -0.2) is 38.1 Å². The molecule has 0 heterocycles. The van der Waals surface area contributed by atoms with Gasteiger partial charge < -0.3 is 15.5 Å². The molecule has 4 nitrogen and oxygen atoms in total. The molecular formula is C12H18FN3O. The Morgan fingerprint density at radius 1 is 1.47 bits per heavy atom. The van der Waals surface area contributed by atoms with E-state index in [1.165, 1.54) is 12.1 Å². The Bertz CT molecular complexity index is 371. The maximum Gasteiger partial charge on any atom is 0.321 e. The molecule has 94 valence electrons. The zero-order valence-electron chi connectivity index (χ0n) is 10.2. The van der Waals surface area contributed by atoms with Crippen molar-refractivity contribution >= 4 is 11.7 Å². The second-order valence-corrected chi connectivity index (χ2v) is 3.82. The van der Waals surface area contributed by atoms with Crippen molar-refractivity contribution in [3.05, 3.63) is 30.1 Å². The summed E-state index contributed by atoms with van der Waals surface area (Å²) < 4.78 is 12.9. The fourth-order valence-electron chi connectivity index (χ4n) is 1.38. The largest absolute Gasteiger partial charge is 0.328 e. The van der Waals surface area contributed by atoms with E-state index < -0.39 is 0 Å². The summed E-state index contributed by atoms with van der Waals surface area (Å²) in [5.41, 5.74) is 0.468. The van der Waals surface area contributed by atoms with E-state index in [1.54, 1.807) is 24.1 Å². The number of benzene rings is 1. The van der Waals surface area contributed by atoms with Gasteiger partial charge in [0.15, 0.2) is 0 Å². The van der Waals surface area contributed by atoms with Gasteiger partial charge in [-0.1, -0.05) is 6.07 Å². The van der Waals surface area contributed by atoms with Crippen LogP contribution in [0.25, 0.3) is 0 Å². The Balaban J connectivity index is 2.43. The van der Waals surface area contributed by atoms with Crippen molar-refractivity contribution in [3.8, 4) is 0 Å². The van der Waals surface area contributed by atoms with Crippen LogP contribution in [0.3, 0.4) is 0 Å². The summed E-state index contributed by atoms with van der Waals surface area (Å²) in [7, 11) is 3.58. The highest BCUT2D eigenvalue weighted by molar-refractivity contribution is 5.89. The Kier molecular flexibility index (Phi) is 5.42. The number of halogens is 1. The Morgan fingerprint density at radius 2 is 2.24 bits per heavy atom. The van der Waals surface area contributed by atoms with Gasteiger partial charge in [-0.05, 0) is 38.2 Å². The lowest BCUT2D eigenvalue weighted by atomic mass is 10.3. The lowest BCUT2D eigenvalue weighted by molar-refractivity contribution is 0.222. The van der Waals surface area contributed by atoms with Crippen LogP contribution in [0.15, 0.2) is 24.3 Å². The minimum absolute atomic E-state index is 0.230. The molecule has 0 aromatic heterocycles. The SMILES string of the molecule is CNCCCN(C)C(=O)Nc1cccc(F)c1. The molecule has 0 atom stereocenters. The number of rotatable bonds is 5. The van der Waals surface area contributed by atoms with Gasteiger partial charge in [0.1, 0.15) is 5.82 Å². The minimum Gasteiger partial charge on any atom is -0.328 e. The molecule has 2 N–H and O–H groups in total. The maximum absolute atomic E-state index is 12.9. The highest BCUT2D eigenvalue weighted by Crippen LogP contribution is 2.09. The van der Waals surface area contributed by atoms with E-state index >= 15 is 0 Å². The molecule has 0 saturated carbocycles. The summed E-state index contributed by atoms with van der Waals surface area (Å²) in [5, 5.41) is 5.65. The number of hydrogen-bond acceptors (Lipinski definition) is 2. The zero-order valence-corrected chi connectivity index (χ0v) is 10.2. The predicted octanol–water partition coefficient (Wildman–Crippen LogP) is 1.90. The average Bonchev–Trinajstić information content (AvgIpc) is 2.29. The molecule has 0 spiro atoms. The number of anilines is 1. The van der Waals surface area contributed by atoms with Gasteiger partial charge in [0.2, 0.25) is 0 Å². The number of hydrogen-bond donors (Lipinski definition) is 2. The molecule has 0 bridgehead atoms. The van der Waals surface area contributed by atoms with Crippen LogP contribution in [0.4, 0.5) is 14.9 Å². The van der Waals surface area contributed by atoms with Gasteiger partial charge in [-0.3, -0.25) is 0 Å². The van der Waals surface area contributed by atoms with Crippen LogP contribution >= 0.6 is 0 Å². The Morgan fingerprint density at radius 3 is 2.88 bits per heavy atom. The van der Waals surface area contributed by atoms with E-state index in [-0.39, 0.29) is 11.8 Å². The summed E-state index contributed by atoms with van der Waals surface area (Å²) in [6, 6.07) is 5.62. The Hall–Kier alpha value is -1.62. The van der Waals surface area contributed by atoms with Crippen LogP contribution < -0.4 is 10.6 Å². The van der Waals surface area contributed by atoms with Crippen LogP contribution in [-0.2, 0) is 0 Å². The summed E-state index contributed by atoms with van der Waals surface area (Å²) in [6.07, 6.45) is 0.879. The van der Waals surface area contributed by atoms with Crippen molar-refractivity contribution in [1.29, 1.82) is 0 Å². The number of amides is 2. The molecule has 0 fully saturated rings. The van der Waals surface area contributed by atoms with E-state index in [0.717, 1.165) is 13.0 Å². The van der Waals surface area contributed by atoms with E-state index in [4.69, 9.17) is 0 Å². The third-order valence-corrected chi connectivity index (χ3v) is 2.34. The van der Waals surface area contributed by atoms with E-state index in [0.29, 0.717) is 12.2 Å². The first kappa shape index (κ1) is 13.4. The molecule has 17 heavy (non-hydrogen) atoms. The lowest BCUT2D eigenvalue weighted by Crippen LogP contribution is -2.33. The quantitative estimate of drug-likeness (QED) is 0.771. The average molecular weight is 239 g/mol. The molecule has 2 amide bonds. The van der Waals surface area contributed by atoms with E-state index in [2.05, 4.69) is 10.6 Å². The standard InChI is InChI=1S/C12H18FN3O/c1-14-7-4-8-16(2)12(17)15-11-6-3-5-10(13)9-11/h3,5-6,9,14H,4,7-8H2,1-2H3,(H,15,17). The summed E-state index contributed by atoms with van der Waals surface area (Å²) in [5.74, 6) is -0.361. The van der Waals surface area contributed by atoms with Crippen LogP contribution in [0.2, 0.25) is 0 Å². The first-order valence-corrected chi connectivity index (χ1v) is 5.56. The Labute approximate surface area is 101 Å². The first-order chi connectivity index (χ1) is 8.13. The fourth-order valence-corrected chi connectivity index (χ4v) is 1.38. The number of carbonyl (C=O) groups excluding carboxylic acids is 1. The number of carbonyl (C=O) groups is 1. The van der Waals surface area contributed by atoms with Gasteiger partial charge >= 0.3 is 6.03 Å². The summed E-state index contributed by atoms with van der Waals surface area (Å²) >= 11 is 0. The maximum atomic E-state index is 12.9. The summed E-state index contributed by atoms with van der Waals surface area (Å²) in [4.78, 5) is 13.3. The van der Waals surface area contributed by atoms with Crippen molar-refractivity contribution in [2.45, 2.75) is 6.42 Å². The molecule has 0 aliphatic carbocycles. The third-order valence-electron chi connectivity index (χ3n) is 2.34. The minimum atomic E-state index is -0.361. The van der Waals surface area contributed by atoms with Gasteiger partial charge in [-0.25, -0.2) is 9.18 Å². The molecule has 0 saturated heterocycles. The third kappa shape index (κ3) is 4.82. The smallest absolute Gasteiger partial charge is 0.321 e. The second-order valence-electron chi connectivity index (χ2n) is 3.82. The molecule has 1 aromatic carbocycles. The van der Waals surface area contributed by atoms with Crippen molar-refractivity contribution in [3.63, 3.8) is 0 Å². The van der Waals surface area contributed by atoms with Gasteiger partial charge in [0.25, 0.3) is 0 Å². The summed E-state index contributed by atoms with van der Waals surface area (Å²) in [6.45, 7) is 1.51. The molecule has 1 rings (SSSR count). The van der Waals surface area contributed by atoms with Crippen molar-refractivity contribution in [1.82, 2.24) is 10.2 Å². The van der Waals surface area contributed by atoms with Crippen molar-refractivity contribution in [2.75, 3.05) is 32.5 Å². The first-order valence-electron chi connectivity index (χ1n) is 5.56. The van der Waals surface area contributed by atoms with E-state index in [9.17, 15) is 9.18 Å². The second kappa shape index (κ2) is 6.85. The van der Waals surface area contributed by atoms with Crippen LogP contribution in [0.5, 0.6) is 0 Å². The monoisotopic (exact) mass is 239 g/mol. The van der Waals surface area contributed by atoms with Crippen LogP contribution in [0, 0.1) is 5.82 Å². The van der Waals surface area contributed by atoms with Gasteiger partial charge in [-0.2, -0.15) is 0 Å². The van der Waals surface area contributed by atoms with Crippen molar-refractivity contribution in [2.24, 2.45) is 0 Å². The number of nitrogens with one attached hydrogen (secondary N) is 2. The van der Waals surface area contributed by atoms with Gasteiger partial charge in [-0.15, -0.1) is 0 Å². The van der Waals surface area contributed by atoms with Crippen LogP contribution in [0.1, 0.15) is 6.42 Å². The topological polar surface area (TPSA) is 44.4 Å². The molecular weight excluding hydrogens is 221 g/mol. The van der Waals surface area contributed by atoms with Crippen molar-refractivity contribution < 1.29 is 9.18 Å². The number of nitrogens with zero attached hydrogens (tertiary/aromatic N) is 1. The normalized spacial score (nSPS) is 10.1. The van der Waals surface area contributed by atoms with Gasteiger partial charge in [0.05, 0.1) is 0 Å². The molecule has 5 heteroatoms. The molecule has 0 unspecified atom stereocenters. The molecule has 1 aromatic rings. The zero-order chi connectivity index (χ0) is 12.7. The highest BCUT2D eigenvalue weighted by Gasteiger charge is 2.08. The lowest BCUT2D eigenvalue weighted by Gasteiger charge is -2.17. The fraction of sp³-hybridized carbons (Fsp3) is 0.417. The van der Waals surface area contributed by atoms with Gasteiger partial charge in [0, 0.05) is 19.3 Å². The number of urea groups is 1. The predicted molar refractivity (Wildman–Crippen MR) is 66.6 cm³/mol. The molecule has 0 aliphatic heterocycles. The molecule has 0 radical (unpaired) electrons. The van der Waals surface area contributed by atoms with E-state index in [1.807, 2.05) is 7.05 Å².